The van der Waals surface area contributed by atoms with E-state index in [2.05, 4.69) is 6.58 Å². The molecule has 0 bridgehead atoms. The molecule has 0 saturated carbocycles. The second-order valence-electron chi connectivity index (χ2n) is 3.06. The summed E-state index contributed by atoms with van der Waals surface area (Å²) < 4.78 is 9.92. The largest absolute Gasteiger partial charge is 0.499 e. The van der Waals surface area contributed by atoms with Crippen LogP contribution in [0.2, 0.25) is 0 Å². The molecule has 5 nitrogen and oxygen atoms in total. The fraction of sp³-hybridized carbons (Fsp3) is 0.778. The van der Waals surface area contributed by atoms with Crippen LogP contribution in [0.1, 0.15) is 0 Å². The quantitative estimate of drug-likeness (QED) is 0.337. The maximum absolute atomic E-state index is 8.93. The normalized spacial score (nSPS) is 11.4. The molecule has 84 valence electrons. The summed E-state index contributed by atoms with van der Waals surface area (Å²) in [6, 6.07) is 0. The second-order valence-corrected chi connectivity index (χ2v) is 3.06. The number of aliphatic hydroxyl groups excluding tert-OH is 3. The minimum absolute atomic E-state index is 0.0942. The molecule has 0 unspecified atom stereocenters. The van der Waals surface area contributed by atoms with Crippen LogP contribution in [-0.2, 0) is 9.47 Å². The fourth-order valence-corrected chi connectivity index (χ4v) is 0.766. The Kier molecular flexibility index (Phi) is 7.41. The van der Waals surface area contributed by atoms with Crippen molar-refractivity contribution in [2.45, 2.75) is 0 Å². The van der Waals surface area contributed by atoms with Crippen molar-refractivity contribution >= 4 is 0 Å². The predicted molar refractivity (Wildman–Crippen MR) is 50.7 cm³/mol. The van der Waals surface area contributed by atoms with Gasteiger partial charge in [-0.1, -0.05) is 6.58 Å². The van der Waals surface area contributed by atoms with Crippen LogP contribution < -0.4 is 0 Å². The molecule has 3 N–H and O–H groups in total. The maximum atomic E-state index is 8.93. The zero-order valence-corrected chi connectivity index (χ0v) is 8.19. The molecule has 0 saturated heterocycles. The summed E-state index contributed by atoms with van der Waals surface area (Å²) >= 11 is 0. The van der Waals surface area contributed by atoms with E-state index in [0.717, 1.165) is 0 Å². The monoisotopic (exact) mass is 206 g/mol. The molecule has 0 aromatic heterocycles. The van der Waals surface area contributed by atoms with E-state index in [1.807, 2.05) is 0 Å². The first-order valence-corrected chi connectivity index (χ1v) is 4.37. The fourth-order valence-electron chi connectivity index (χ4n) is 0.766. The highest BCUT2D eigenvalue weighted by atomic mass is 16.5. The SMILES string of the molecule is C=COCCOCC(CO)(CO)CO. The van der Waals surface area contributed by atoms with Gasteiger partial charge in [-0.2, -0.15) is 0 Å². The summed E-state index contributed by atoms with van der Waals surface area (Å²) in [5, 5.41) is 26.8. The first kappa shape index (κ1) is 13.4. The third-order valence-corrected chi connectivity index (χ3v) is 1.88. The van der Waals surface area contributed by atoms with E-state index < -0.39 is 5.41 Å². The minimum Gasteiger partial charge on any atom is -0.499 e. The van der Waals surface area contributed by atoms with Crippen LogP contribution in [0.5, 0.6) is 0 Å². The van der Waals surface area contributed by atoms with E-state index in [1.165, 1.54) is 6.26 Å². The summed E-state index contributed by atoms with van der Waals surface area (Å²) in [7, 11) is 0. The Morgan fingerprint density at radius 1 is 1.07 bits per heavy atom. The lowest BCUT2D eigenvalue weighted by Gasteiger charge is -2.26. The Bertz CT molecular complexity index is 136. The van der Waals surface area contributed by atoms with Crippen molar-refractivity contribution in [1.82, 2.24) is 0 Å². The van der Waals surface area contributed by atoms with Crippen LogP contribution in [0.15, 0.2) is 12.8 Å². The molecule has 0 aliphatic heterocycles. The Balaban J connectivity index is 3.65. The van der Waals surface area contributed by atoms with Gasteiger partial charge in [0.1, 0.15) is 6.61 Å². The van der Waals surface area contributed by atoms with Crippen LogP contribution in [0.4, 0.5) is 0 Å². The Morgan fingerprint density at radius 3 is 2.07 bits per heavy atom. The molecule has 14 heavy (non-hydrogen) atoms. The van der Waals surface area contributed by atoms with Crippen LogP contribution in [0.3, 0.4) is 0 Å². The molecule has 0 fully saturated rings. The third-order valence-electron chi connectivity index (χ3n) is 1.88. The van der Waals surface area contributed by atoms with Crippen LogP contribution in [-0.4, -0.2) is 55.0 Å². The molecule has 5 heteroatoms. The molecule has 0 aromatic rings. The van der Waals surface area contributed by atoms with Gasteiger partial charge >= 0.3 is 0 Å². The van der Waals surface area contributed by atoms with Crippen molar-refractivity contribution in [3.63, 3.8) is 0 Å². The van der Waals surface area contributed by atoms with E-state index >= 15 is 0 Å². The highest BCUT2D eigenvalue weighted by Crippen LogP contribution is 2.14. The number of aliphatic hydroxyl groups is 3. The van der Waals surface area contributed by atoms with Gasteiger partial charge in [0.05, 0.1) is 44.7 Å². The molecule has 0 aliphatic carbocycles. The lowest BCUT2D eigenvalue weighted by Crippen LogP contribution is -2.39. The van der Waals surface area contributed by atoms with Gasteiger partial charge in [0.25, 0.3) is 0 Å². The molecule has 0 rings (SSSR count). The third kappa shape index (κ3) is 4.57. The van der Waals surface area contributed by atoms with E-state index in [9.17, 15) is 0 Å². The smallest absolute Gasteiger partial charge is 0.111 e. The van der Waals surface area contributed by atoms with Crippen molar-refractivity contribution in [2.75, 3.05) is 39.6 Å². The van der Waals surface area contributed by atoms with Crippen LogP contribution >= 0.6 is 0 Å². The number of ether oxygens (including phenoxy) is 2. The van der Waals surface area contributed by atoms with Gasteiger partial charge < -0.3 is 24.8 Å². The minimum atomic E-state index is -0.964. The predicted octanol–water partition coefficient (Wildman–Crippen LogP) is -0.874. The first-order chi connectivity index (χ1) is 6.74. The summed E-state index contributed by atoms with van der Waals surface area (Å²) in [4.78, 5) is 0. The second kappa shape index (κ2) is 7.75. The lowest BCUT2D eigenvalue weighted by molar-refractivity contribution is -0.0631. The van der Waals surface area contributed by atoms with E-state index in [-0.39, 0.29) is 26.4 Å². The lowest BCUT2D eigenvalue weighted by atomic mass is 9.93. The Hall–Kier alpha value is -0.620. The van der Waals surface area contributed by atoms with Gasteiger partial charge in [0.2, 0.25) is 0 Å². The van der Waals surface area contributed by atoms with Crippen molar-refractivity contribution in [3.05, 3.63) is 12.8 Å². The van der Waals surface area contributed by atoms with Gasteiger partial charge in [0, 0.05) is 0 Å². The first-order valence-electron chi connectivity index (χ1n) is 4.37. The molecule has 0 amide bonds. The van der Waals surface area contributed by atoms with E-state index in [1.54, 1.807) is 0 Å². The zero-order chi connectivity index (χ0) is 10.9. The van der Waals surface area contributed by atoms with Gasteiger partial charge in [-0.15, -0.1) is 0 Å². The molecule has 0 radical (unpaired) electrons. The van der Waals surface area contributed by atoms with Gasteiger partial charge in [-0.3, -0.25) is 0 Å². The van der Waals surface area contributed by atoms with Crippen molar-refractivity contribution in [1.29, 1.82) is 0 Å². The zero-order valence-electron chi connectivity index (χ0n) is 8.19. The van der Waals surface area contributed by atoms with Gasteiger partial charge in [0.15, 0.2) is 0 Å². The molecule has 0 aliphatic rings. The van der Waals surface area contributed by atoms with Crippen molar-refractivity contribution < 1.29 is 24.8 Å². The number of hydrogen-bond acceptors (Lipinski definition) is 5. The molecule has 0 aromatic carbocycles. The topological polar surface area (TPSA) is 79.2 Å². The van der Waals surface area contributed by atoms with E-state index in [0.29, 0.717) is 13.2 Å². The standard InChI is InChI=1S/C9H18O5/c1-2-13-3-4-14-8-9(5-10,6-11)7-12/h2,10-12H,1,3-8H2. The summed E-state index contributed by atoms with van der Waals surface area (Å²) in [5.74, 6) is 0. The van der Waals surface area contributed by atoms with Crippen molar-refractivity contribution in [3.8, 4) is 0 Å². The van der Waals surface area contributed by atoms with Crippen molar-refractivity contribution in [2.24, 2.45) is 5.41 Å². The van der Waals surface area contributed by atoms with E-state index in [4.69, 9.17) is 24.8 Å². The summed E-state index contributed by atoms with van der Waals surface area (Å²) in [6.07, 6.45) is 1.31. The molecular formula is C9H18O5. The molecule has 0 heterocycles. The number of hydrogen-bond donors (Lipinski definition) is 3. The number of rotatable bonds is 9. The molecule has 0 atom stereocenters. The highest BCUT2D eigenvalue weighted by Gasteiger charge is 2.28. The molecular weight excluding hydrogens is 188 g/mol. The Morgan fingerprint density at radius 2 is 1.64 bits per heavy atom. The Labute approximate surface area is 83.6 Å². The average molecular weight is 206 g/mol. The van der Waals surface area contributed by atoms with Crippen LogP contribution in [0.25, 0.3) is 0 Å². The van der Waals surface area contributed by atoms with Gasteiger partial charge in [-0.05, 0) is 0 Å². The summed E-state index contributed by atoms with van der Waals surface area (Å²) in [5.41, 5.74) is -0.964. The highest BCUT2D eigenvalue weighted by molar-refractivity contribution is 4.76. The average Bonchev–Trinajstić information content (AvgIpc) is 2.24. The maximum Gasteiger partial charge on any atom is 0.111 e. The summed E-state index contributed by atoms with van der Waals surface area (Å²) in [6.45, 7) is 3.19. The molecule has 0 spiro atoms. The van der Waals surface area contributed by atoms with Gasteiger partial charge in [-0.25, -0.2) is 0 Å². The van der Waals surface area contributed by atoms with Crippen LogP contribution in [0, 0.1) is 5.41 Å².